The number of rotatable bonds is 7. The van der Waals surface area contributed by atoms with Crippen LogP contribution in [0.3, 0.4) is 0 Å². The number of sulfonamides is 1. The van der Waals surface area contributed by atoms with Gasteiger partial charge in [0.25, 0.3) is 15.9 Å². The van der Waals surface area contributed by atoms with E-state index in [1.807, 2.05) is 0 Å². The minimum absolute atomic E-state index is 0.00688. The molecule has 1 amide bonds. The van der Waals surface area contributed by atoms with Crippen molar-refractivity contribution in [1.29, 1.82) is 0 Å². The van der Waals surface area contributed by atoms with E-state index in [0.29, 0.717) is 25.9 Å². The quantitative estimate of drug-likeness (QED) is 0.556. The van der Waals surface area contributed by atoms with Gasteiger partial charge in [-0.15, -0.1) is 0 Å². The molecule has 36 heavy (non-hydrogen) atoms. The number of carbonyl (C=O) groups is 1. The molecule has 2 aromatic rings. The van der Waals surface area contributed by atoms with E-state index in [4.69, 9.17) is 4.74 Å². The zero-order valence-electron chi connectivity index (χ0n) is 18.9. The van der Waals surface area contributed by atoms with Crippen molar-refractivity contribution in [2.24, 2.45) is 5.41 Å². The van der Waals surface area contributed by atoms with Crippen LogP contribution in [0.25, 0.3) is 11.1 Å². The van der Waals surface area contributed by atoms with Gasteiger partial charge in [0.05, 0.1) is 12.6 Å². The van der Waals surface area contributed by atoms with Gasteiger partial charge in [-0.1, -0.05) is 30.3 Å². The summed E-state index contributed by atoms with van der Waals surface area (Å²) in [7, 11) is -5.01. The van der Waals surface area contributed by atoms with Crippen molar-refractivity contribution >= 4 is 15.9 Å². The molecule has 3 fully saturated rings. The molecule has 0 radical (unpaired) electrons. The molecule has 0 bridgehead atoms. The molecule has 6 nitrogen and oxygen atoms in total. The Bertz CT molecular complexity index is 1300. The summed E-state index contributed by atoms with van der Waals surface area (Å²) in [5.41, 5.74) is -1.25. The average molecular weight is 531 g/mol. The van der Waals surface area contributed by atoms with Crippen LogP contribution in [0, 0.1) is 22.9 Å². The monoisotopic (exact) mass is 530 g/mol. The van der Waals surface area contributed by atoms with Gasteiger partial charge >= 0.3 is 5.76 Å². The van der Waals surface area contributed by atoms with Gasteiger partial charge in [0.2, 0.25) is 0 Å². The first-order valence-electron chi connectivity index (χ1n) is 11.5. The van der Waals surface area contributed by atoms with Crippen molar-refractivity contribution in [1.82, 2.24) is 9.62 Å². The molecule has 1 aliphatic carbocycles. The van der Waals surface area contributed by atoms with Crippen LogP contribution in [0.5, 0.6) is 0 Å². The van der Waals surface area contributed by atoms with E-state index >= 15 is 4.39 Å². The van der Waals surface area contributed by atoms with Crippen LogP contribution >= 0.6 is 0 Å². The smallest absolute Gasteiger partial charge is 0.350 e. The largest absolute Gasteiger partial charge is 0.368 e. The molecule has 12 heteroatoms. The van der Waals surface area contributed by atoms with Gasteiger partial charge in [0.15, 0.2) is 11.6 Å². The molecule has 2 aliphatic heterocycles. The Morgan fingerprint density at radius 2 is 1.72 bits per heavy atom. The number of amides is 1. The van der Waals surface area contributed by atoms with Gasteiger partial charge in [0, 0.05) is 35.5 Å². The van der Waals surface area contributed by atoms with E-state index in [1.165, 1.54) is 35.2 Å². The lowest BCUT2D eigenvalue weighted by Crippen LogP contribution is -2.53. The molecule has 0 aromatic heterocycles. The van der Waals surface area contributed by atoms with Gasteiger partial charge in [0.1, 0.15) is 11.9 Å². The van der Waals surface area contributed by atoms with E-state index in [2.05, 4.69) is 4.72 Å². The lowest BCUT2D eigenvalue weighted by molar-refractivity contribution is -0.157. The second-order valence-corrected chi connectivity index (χ2v) is 11.2. The predicted octanol–water partition coefficient (Wildman–Crippen LogP) is 3.60. The number of halogens is 5. The molecule has 1 spiro atoms. The minimum atomic E-state index is -5.01. The molecule has 1 saturated carbocycles. The van der Waals surface area contributed by atoms with Gasteiger partial charge in [-0.05, 0) is 30.9 Å². The van der Waals surface area contributed by atoms with E-state index < -0.39 is 62.7 Å². The fraction of sp³-hybridized carbons (Fsp3) is 0.458. The van der Waals surface area contributed by atoms with E-state index in [-0.39, 0.29) is 29.7 Å². The molecule has 2 saturated heterocycles. The molecule has 2 heterocycles. The van der Waals surface area contributed by atoms with Gasteiger partial charge in [-0.3, -0.25) is 4.79 Å². The highest BCUT2D eigenvalue weighted by Gasteiger charge is 2.62. The molecule has 1 N–H and O–H groups in total. The lowest BCUT2D eigenvalue weighted by Gasteiger charge is -2.34. The lowest BCUT2D eigenvalue weighted by atomic mass is 9.91. The highest BCUT2D eigenvalue weighted by atomic mass is 32.2. The summed E-state index contributed by atoms with van der Waals surface area (Å²) in [5, 5.41) is 0. The highest BCUT2D eigenvalue weighted by molar-refractivity contribution is 7.89. The van der Waals surface area contributed by atoms with Crippen LogP contribution in [-0.2, 0) is 26.0 Å². The van der Waals surface area contributed by atoms with Crippen molar-refractivity contribution in [2.45, 2.75) is 49.6 Å². The molecule has 3 aliphatic rings. The standard InChI is InChI=1S/C24H23F5N2O4S/c25-16-6-2-5-15(20(16)27)14-4-1-3-13(19(14)26)11-17-21(30-36(33,34)23(28)29)24(8-9-24)12-31(17)22(32)18-7-10-35-18/h1-6,17-18,21,23,30H,7-12H2/t17-,18?,21?/m0/s1. The molecular formula is C24H23F5N2O4S. The summed E-state index contributed by atoms with van der Waals surface area (Å²) in [6, 6.07) is 5.39. The van der Waals surface area contributed by atoms with Crippen LogP contribution in [0.1, 0.15) is 24.8 Å². The SMILES string of the molecule is O=C(C1CCO1)N1CC2(CC2)C(NS(=O)(=O)C(F)F)[C@@H]1Cc1cccc(-c2cccc(F)c2F)c1F. The zero-order chi connectivity index (χ0) is 25.8. The van der Waals surface area contributed by atoms with Crippen LogP contribution in [0.4, 0.5) is 22.0 Å². The van der Waals surface area contributed by atoms with Crippen LogP contribution in [-0.4, -0.2) is 56.3 Å². The topological polar surface area (TPSA) is 75.7 Å². The summed E-state index contributed by atoms with van der Waals surface area (Å²) < 4.78 is 102. The number of hydrogen-bond acceptors (Lipinski definition) is 4. The van der Waals surface area contributed by atoms with Gasteiger partial charge in [-0.2, -0.15) is 8.78 Å². The Kier molecular flexibility index (Phi) is 6.32. The van der Waals surface area contributed by atoms with Gasteiger partial charge < -0.3 is 9.64 Å². The molecule has 3 atom stereocenters. The average Bonchev–Trinajstić information content (AvgIpc) is 3.51. The third-order valence-corrected chi connectivity index (χ3v) is 8.41. The number of hydrogen-bond donors (Lipinski definition) is 1. The first-order chi connectivity index (χ1) is 17.0. The minimum Gasteiger partial charge on any atom is -0.368 e. The molecule has 2 unspecified atom stereocenters. The van der Waals surface area contributed by atoms with Crippen LogP contribution in [0.15, 0.2) is 36.4 Å². The number of benzene rings is 2. The molecule has 194 valence electrons. The first-order valence-corrected chi connectivity index (χ1v) is 13.0. The number of alkyl halides is 2. The van der Waals surface area contributed by atoms with E-state index in [1.54, 1.807) is 0 Å². The fourth-order valence-electron chi connectivity index (χ4n) is 5.17. The second-order valence-electron chi connectivity index (χ2n) is 9.53. The third kappa shape index (κ3) is 4.28. The Morgan fingerprint density at radius 1 is 1.08 bits per heavy atom. The first kappa shape index (κ1) is 25.1. The highest BCUT2D eigenvalue weighted by Crippen LogP contribution is 2.56. The number of carbonyl (C=O) groups excluding carboxylic acids is 1. The molecule has 2 aromatic carbocycles. The second kappa shape index (κ2) is 9.07. The summed E-state index contributed by atoms with van der Waals surface area (Å²) in [5.74, 6) is -7.34. The maximum absolute atomic E-state index is 15.6. The Morgan fingerprint density at radius 3 is 2.31 bits per heavy atom. The Labute approximate surface area is 204 Å². The summed E-state index contributed by atoms with van der Waals surface area (Å²) >= 11 is 0. The van der Waals surface area contributed by atoms with E-state index in [0.717, 1.165) is 6.07 Å². The maximum Gasteiger partial charge on any atom is 0.350 e. The van der Waals surface area contributed by atoms with Crippen molar-refractivity contribution < 1.29 is 39.9 Å². The molecule has 5 rings (SSSR count). The van der Waals surface area contributed by atoms with Crippen molar-refractivity contribution in [3.8, 4) is 11.1 Å². The van der Waals surface area contributed by atoms with Gasteiger partial charge in [-0.25, -0.2) is 26.3 Å². The fourth-order valence-corrected chi connectivity index (χ4v) is 6.04. The molecular weight excluding hydrogens is 507 g/mol. The third-order valence-electron chi connectivity index (χ3n) is 7.36. The van der Waals surface area contributed by atoms with E-state index in [9.17, 15) is 30.8 Å². The summed E-state index contributed by atoms with van der Waals surface area (Å²) in [4.78, 5) is 14.5. The zero-order valence-corrected chi connectivity index (χ0v) is 19.7. The van der Waals surface area contributed by atoms with Crippen molar-refractivity contribution in [3.63, 3.8) is 0 Å². The van der Waals surface area contributed by atoms with Crippen LogP contribution in [0.2, 0.25) is 0 Å². The Balaban J connectivity index is 1.53. The summed E-state index contributed by atoms with van der Waals surface area (Å²) in [6.07, 6.45) is 0.517. The number of nitrogens with one attached hydrogen (secondary N) is 1. The van der Waals surface area contributed by atoms with Crippen LogP contribution < -0.4 is 4.72 Å². The van der Waals surface area contributed by atoms with Crippen molar-refractivity contribution in [2.75, 3.05) is 13.2 Å². The van der Waals surface area contributed by atoms with Crippen molar-refractivity contribution in [3.05, 3.63) is 59.4 Å². The number of nitrogens with zero attached hydrogens (tertiary/aromatic N) is 1. The summed E-state index contributed by atoms with van der Waals surface area (Å²) in [6.45, 7) is 0.504. The maximum atomic E-state index is 15.6. The number of likely N-dealkylation sites (tertiary alicyclic amines) is 1. The normalized spacial score (nSPS) is 24.8. The number of ether oxygens (including phenoxy) is 1. The predicted molar refractivity (Wildman–Crippen MR) is 119 cm³/mol. The Hall–Kier alpha value is -2.57.